The molecule has 0 saturated carbocycles. The van der Waals surface area contributed by atoms with Crippen LogP contribution < -0.4 is 5.32 Å². The summed E-state index contributed by atoms with van der Waals surface area (Å²) >= 11 is 6.05. The summed E-state index contributed by atoms with van der Waals surface area (Å²) in [6.07, 6.45) is 6.02. The molecule has 2 nitrogen and oxygen atoms in total. The van der Waals surface area contributed by atoms with Crippen molar-refractivity contribution in [2.24, 2.45) is 0 Å². The summed E-state index contributed by atoms with van der Waals surface area (Å²) in [5.41, 5.74) is 2.83. The van der Waals surface area contributed by atoms with Crippen LogP contribution >= 0.6 is 11.6 Å². The molecule has 0 saturated heterocycles. The molecule has 0 amide bonds. The van der Waals surface area contributed by atoms with Gasteiger partial charge in [-0.1, -0.05) is 17.7 Å². The quantitative estimate of drug-likeness (QED) is 0.900. The molecule has 1 N–H and O–H groups in total. The fraction of sp³-hybridized carbons (Fsp3) is 0.412. The van der Waals surface area contributed by atoms with E-state index < -0.39 is 0 Å². The Balaban J connectivity index is 1.50. The normalized spacial score (nSPS) is 19.0. The molecule has 0 fully saturated rings. The topological polar surface area (TPSA) is 25.2 Å². The van der Waals surface area contributed by atoms with Crippen LogP contribution in [0.1, 0.15) is 30.2 Å². The Morgan fingerprint density at radius 2 is 2.15 bits per heavy atom. The minimum Gasteiger partial charge on any atom is -0.469 e. The maximum Gasteiger partial charge on any atom is 0.103 e. The number of furan rings is 1. The Labute approximate surface area is 125 Å². The lowest BCUT2D eigenvalue weighted by atomic mass is 10.1. The highest BCUT2D eigenvalue weighted by Crippen LogP contribution is 2.25. The molecule has 3 heteroatoms. The predicted molar refractivity (Wildman–Crippen MR) is 82.3 cm³/mol. The molecule has 1 aromatic heterocycles. The predicted octanol–water partition coefficient (Wildman–Crippen LogP) is 4.01. The largest absolute Gasteiger partial charge is 0.469 e. The van der Waals surface area contributed by atoms with E-state index in [1.807, 2.05) is 18.2 Å². The Morgan fingerprint density at radius 1 is 1.30 bits per heavy atom. The van der Waals surface area contributed by atoms with E-state index >= 15 is 0 Å². The first-order valence-corrected chi connectivity index (χ1v) is 7.64. The van der Waals surface area contributed by atoms with Crippen LogP contribution in [-0.2, 0) is 19.3 Å². The highest BCUT2D eigenvalue weighted by Gasteiger charge is 2.22. The Bertz CT molecular complexity index is 564. The lowest BCUT2D eigenvalue weighted by Crippen LogP contribution is -2.37. The van der Waals surface area contributed by atoms with Gasteiger partial charge in [-0.15, -0.1) is 0 Å². The van der Waals surface area contributed by atoms with E-state index in [9.17, 15) is 0 Å². The standard InChI is InChI=1S/C17H20ClNO/c1-12(4-7-17-3-2-8-20-17)19-16-10-13-5-6-15(18)9-14(13)11-16/h2-3,5-6,8-9,12,16,19H,4,7,10-11H2,1H3. The molecular weight excluding hydrogens is 270 g/mol. The maximum atomic E-state index is 6.05. The third kappa shape index (κ3) is 3.25. The highest BCUT2D eigenvalue weighted by molar-refractivity contribution is 6.30. The molecule has 2 unspecified atom stereocenters. The van der Waals surface area contributed by atoms with Crippen molar-refractivity contribution in [3.8, 4) is 0 Å². The summed E-state index contributed by atoms with van der Waals surface area (Å²) in [6, 6.07) is 11.3. The average Bonchev–Trinajstić information content (AvgIpc) is 3.04. The number of nitrogens with one attached hydrogen (secondary N) is 1. The summed E-state index contributed by atoms with van der Waals surface area (Å²) in [7, 11) is 0. The van der Waals surface area contributed by atoms with Gasteiger partial charge in [0.1, 0.15) is 5.76 Å². The summed E-state index contributed by atoms with van der Waals surface area (Å²) in [5, 5.41) is 4.57. The van der Waals surface area contributed by atoms with Crippen molar-refractivity contribution >= 4 is 11.6 Å². The molecule has 3 rings (SSSR count). The summed E-state index contributed by atoms with van der Waals surface area (Å²) in [4.78, 5) is 0. The molecular formula is C17H20ClNO. The molecule has 106 valence electrons. The van der Waals surface area contributed by atoms with Crippen LogP contribution in [0.15, 0.2) is 41.0 Å². The molecule has 0 aliphatic heterocycles. The zero-order chi connectivity index (χ0) is 13.9. The van der Waals surface area contributed by atoms with Gasteiger partial charge in [0.2, 0.25) is 0 Å². The number of hydrogen-bond donors (Lipinski definition) is 1. The molecule has 20 heavy (non-hydrogen) atoms. The van der Waals surface area contributed by atoms with Gasteiger partial charge in [0.15, 0.2) is 0 Å². The van der Waals surface area contributed by atoms with Gasteiger partial charge in [-0.25, -0.2) is 0 Å². The maximum absolute atomic E-state index is 6.05. The number of benzene rings is 1. The van der Waals surface area contributed by atoms with Gasteiger partial charge < -0.3 is 9.73 Å². The van der Waals surface area contributed by atoms with Gasteiger partial charge in [-0.3, -0.25) is 0 Å². The van der Waals surface area contributed by atoms with Gasteiger partial charge in [0.05, 0.1) is 6.26 Å². The molecule has 0 radical (unpaired) electrons. The monoisotopic (exact) mass is 289 g/mol. The van der Waals surface area contributed by atoms with Gasteiger partial charge in [0, 0.05) is 23.5 Å². The van der Waals surface area contributed by atoms with Crippen molar-refractivity contribution in [2.45, 2.75) is 44.7 Å². The van der Waals surface area contributed by atoms with Crippen LogP contribution in [-0.4, -0.2) is 12.1 Å². The fourth-order valence-corrected chi connectivity index (χ4v) is 3.20. The van der Waals surface area contributed by atoms with Crippen molar-refractivity contribution in [1.82, 2.24) is 5.32 Å². The molecule has 0 spiro atoms. The lowest BCUT2D eigenvalue weighted by Gasteiger charge is -2.18. The van der Waals surface area contributed by atoms with E-state index in [0.717, 1.165) is 36.5 Å². The Hall–Kier alpha value is -1.25. The van der Waals surface area contributed by atoms with Crippen molar-refractivity contribution in [1.29, 1.82) is 0 Å². The molecule has 0 bridgehead atoms. The van der Waals surface area contributed by atoms with Crippen molar-refractivity contribution in [3.05, 3.63) is 58.5 Å². The van der Waals surface area contributed by atoms with E-state index in [2.05, 4.69) is 24.4 Å². The van der Waals surface area contributed by atoms with E-state index in [-0.39, 0.29) is 0 Å². The smallest absolute Gasteiger partial charge is 0.103 e. The van der Waals surface area contributed by atoms with Crippen LogP contribution in [0.25, 0.3) is 0 Å². The minimum atomic E-state index is 0.495. The summed E-state index contributed by atoms with van der Waals surface area (Å²) in [5.74, 6) is 1.07. The first kappa shape index (κ1) is 13.7. The van der Waals surface area contributed by atoms with E-state index in [4.69, 9.17) is 16.0 Å². The zero-order valence-corrected chi connectivity index (χ0v) is 12.5. The first-order chi connectivity index (χ1) is 9.70. The van der Waals surface area contributed by atoms with Gasteiger partial charge in [-0.05, 0) is 61.6 Å². The van der Waals surface area contributed by atoms with E-state index in [1.165, 1.54) is 11.1 Å². The highest BCUT2D eigenvalue weighted by atomic mass is 35.5. The molecule has 1 aliphatic rings. The van der Waals surface area contributed by atoms with Crippen molar-refractivity contribution in [2.75, 3.05) is 0 Å². The van der Waals surface area contributed by atoms with Gasteiger partial charge in [-0.2, -0.15) is 0 Å². The van der Waals surface area contributed by atoms with Crippen LogP contribution in [0.3, 0.4) is 0 Å². The van der Waals surface area contributed by atoms with Crippen LogP contribution in [0.4, 0.5) is 0 Å². The summed E-state index contributed by atoms with van der Waals surface area (Å²) in [6.45, 7) is 2.25. The van der Waals surface area contributed by atoms with Crippen molar-refractivity contribution < 1.29 is 4.42 Å². The number of rotatable bonds is 5. The van der Waals surface area contributed by atoms with Crippen molar-refractivity contribution in [3.63, 3.8) is 0 Å². The van der Waals surface area contributed by atoms with Crippen LogP contribution in [0, 0.1) is 0 Å². The SMILES string of the molecule is CC(CCc1ccco1)NC1Cc2ccc(Cl)cc2C1. The number of halogens is 1. The second kappa shape index (κ2) is 6.02. The molecule has 1 aromatic carbocycles. The second-order valence-corrected chi connectivity index (χ2v) is 6.14. The van der Waals surface area contributed by atoms with E-state index in [1.54, 1.807) is 6.26 Å². The fourth-order valence-electron chi connectivity index (χ4n) is 3.00. The van der Waals surface area contributed by atoms with Crippen LogP contribution in [0.5, 0.6) is 0 Å². The molecule has 2 aromatic rings. The number of aryl methyl sites for hydroxylation is 1. The van der Waals surface area contributed by atoms with E-state index in [0.29, 0.717) is 12.1 Å². The molecule has 1 aliphatic carbocycles. The minimum absolute atomic E-state index is 0.495. The Morgan fingerprint density at radius 3 is 2.95 bits per heavy atom. The first-order valence-electron chi connectivity index (χ1n) is 7.26. The zero-order valence-electron chi connectivity index (χ0n) is 11.7. The molecule has 2 atom stereocenters. The van der Waals surface area contributed by atoms with Gasteiger partial charge >= 0.3 is 0 Å². The summed E-state index contributed by atoms with van der Waals surface area (Å²) < 4.78 is 5.38. The average molecular weight is 290 g/mol. The number of hydrogen-bond acceptors (Lipinski definition) is 2. The van der Waals surface area contributed by atoms with Gasteiger partial charge in [0.25, 0.3) is 0 Å². The molecule has 1 heterocycles. The lowest BCUT2D eigenvalue weighted by molar-refractivity contribution is 0.417. The number of fused-ring (bicyclic) bond motifs is 1. The second-order valence-electron chi connectivity index (χ2n) is 5.70. The third-order valence-corrected chi connectivity index (χ3v) is 4.26. The third-order valence-electron chi connectivity index (χ3n) is 4.03. The van der Waals surface area contributed by atoms with Crippen LogP contribution in [0.2, 0.25) is 5.02 Å². The Kier molecular flexibility index (Phi) is 4.13.